The molecule has 4 aromatic heterocycles. The van der Waals surface area contributed by atoms with Gasteiger partial charge in [-0.3, -0.25) is 9.97 Å². The summed E-state index contributed by atoms with van der Waals surface area (Å²) in [5.74, 6) is 0.651. The van der Waals surface area contributed by atoms with Crippen LogP contribution in [0.5, 0.6) is 5.75 Å². The number of nitrogens with zero attached hydrogens (tertiary/aromatic N) is 5. The van der Waals surface area contributed by atoms with Crippen molar-refractivity contribution in [3.05, 3.63) is 118 Å². The molecule has 0 saturated heterocycles. The highest BCUT2D eigenvalue weighted by molar-refractivity contribution is 7.72. The SMILES string of the molecule is CCC(OC(Cc1ccccn1)=S(=O)=O)c1nc(-c2cc3c(Nc4ccc(OCc5cccc(F)c5)c(Cl)c4)ncnc3cn2)cs1. The lowest BCUT2D eigenvalue weighted by Crippen LogP contribution is -2.15. The molecule has 1 unspecified atom stereocenters. The maximum atomic E-state index is 13.5. The molecule has 6 rings (SSSR count). The van der Waals surface area contributed by atoms with Gasteiger partial charge in [0.15, 0.2) is 5.05 Å². The Morgan fingerprint density at radius 3 is 2.68 bits per heavy atom. The van der Waals surface area contributed by atoms with E-state index in [0.29, 0.717) is 67.3 Å². The summed E-state index contributed by atoms with van der Waals surface area (Å²) in [4.78, 5) is 22.3. The number of ether oxygens (including phenoxy) is 2. The van der Waals surface area contributed by atoms with Crippen LogP contribution in [-0.2, 0) is 28.1 Å². The molecule has 14 heteroatoms. The van der Waals surface area contributed by atoms with Crippen molar-refractivity contribution in [1.82, 2.24) is 24.9 Å². The minimum Gasteiger partial charge on any atom is -0.487 e. The molecule has 2 aromatic carbocycles. The Hall–Kier alpha value is -4.82. The minimum absolute atomic E-state index is 0.0452. The quantitative estimate of drug-likeness (QED) is 0.138. The molecular weight excluding hydrogens is 663 g/mol. The van der Waals surface area contributed by atoms with Crippen LogP contribution in [0.15, 0.2) is 90.8 Å². The summed E-state index contributed by atoms with van der Waals surface area (Å²) in [6.07, 6.45) is 4.65. The van der Waals surface area contributed by atoms with E-state index in [-0.39, 0.29) is 23.9 Å². The van der Waals surface area contributed by atoms with Gasteiger partial charge in [-0.2, -0.15) is 8.42 Å². The first-order valence-electron chi connectivity index (χ1n) is 14.4. The van der Waals surface area contributed by atoms with E-state index in [2.05, 4.69) is 25.3 Å². The molecule has 0 fully saturated rings. The van der Waals surface area contributed by atoms with Crippen LogP contribution in [0.3, 0.4) is 0 Å². The van der Waals surface area contributed by atoms with Crippen LogP contribution in [-0.4, -0.2) is 38.4 Å². The first-order valence-corrected chi connectivity index (χ1v) is 16.7. The van der Waals surface area contributed by atoms with E-state index >= 15 is 0 Å². The van der Waals surface area contributed by atoms with Crippen molar-refractivity contribution in [3.63, 3.8) is 0 Å². The third kappa shape index (κ3) is 7.95. The van der Waals surface area contributed by atoms with Gasteiger partial charge in [-0.25, -0.2) is 19.3 Å². The number of benzene rings is 2. The predicted octanol–water partition coefficient (Wildman–Crippen LogP) is 7.38. The Balaban J connectivity index is 1.19. The molecule has 0 amide bonds. The summed E-state index contributed by atoms with van der Waals surface area (Å²) in [6.45, 7) is 2.07. The lowest BCUT2D eigenvalue weighted by atomic mass is 10.2. The molecule has 10 nitrogen and oxygen atoms in total. The van der Waals surface area contributed by atoms with Crippen molar-refractivity contribution in [2.24, 2.45) is 0 Å². The second-order valence-corrected chi connectivity index (χ2v) is 12.4. The molecule has 238 valence electrons. The fraction of sp³-hybridized carbons (Fsp3) is 0.152. The Kier molecular flexibility index (Phi) is 10.1. The monoisotopic (exact) mass is 688 g/mol. The predicted molar refractivity (Wildman–Crippen MR) is 180 cm³/mol. The Morgan fingerprint density at radius 2 is 1.91 bits per heavy atom. The zero-order valence-electron chi connectivity index (χ0n) is 24.8. The van der Waals surface area contributed by atoms with Gasteiger partial charge in [0.1, 0.15) is 41.4 Å². The fourth-order valence-electron chi connectivity index (χ4n) is 4.63. The van der Waals surface area contributed by atoms with Crippen LogP contribution >= 0.6 is 22.9 Å². The number of thiazole rings is 1. The van der Waals surface area contributed by atoms with E-state index in [9.17, 15) is 12.8 Å². The summed E-state index contributed by atoms with van der Waals surface area (Å²) in [5, 5.41) is 6.72. The van der Waals surface area contributed by atoms with E-state index in [1.54, 1.807) is 60.9 Å². The van der Waals surface area contributed by atoms with Gasteiger partial charge in [0, 0.05) is 28.3 Å². The number of aromatic nitrogens is 5. The molecule has 0 aliphatic heterocycles. The zero-order valence-corrected chi connectivity index (χ0v) is 27.2. The fourth-order valence-corrected chi connectivity index (χ4v) is 6.25. The van der Waals surface area contributed by atoms with Gasteiger partial charge in [0.2, 0.25) is 10.3 Å². The highest BCUT2D eigenvalue weighted by atomic mass is 35.5. The Morgan fingerprint density at radius 1 is 1.02 bits per heavy atom. The van der Waals surface area contributed by atoms with E-state index in [4.69, 9.17) is 26.1 Å². The molecule has 1 N–H and O–H groups in total. The first-order chi connectivity index (χ1) is 22.9. The van der Waals surface area contributed by atoms with E-state index < -0.39 is 16.4 Å². The van der Waals surface area contributed by atoms with Gasteiger partial charge < -0.3 is 14.8 Å². The third-order valence-electron chi connectivity index (χ3n) is 6.94. The first kappa shape index (κ1) is 32.1. The molecule has 47 heavy (non-hydrogen) atoms. The number of hydrogen-bond acceptors (Lipinski definition) is 11. The van der Waals surface area contributed by atoms with Crippen LogP contribution in [0.25, 0.3) is 22.3 Å². The molecule has 0 saturated carbocycles. The van der Waals surface area contributed by atoms with Gasteiger partial charge in [-0.05, 0) is 60.5 Å². The van der Waals surface area contributed by atoms with Crippen LogP contribution in [0, 0.1) is 5.82 Å². The largest absolute Gasteiger partial charge is 0.487 e. The molecule has 1 atom stereocenters. The van der Waals surface area contributed by atoms with Crippen LogP contribution < -0.4 is 10.1 Å². The van der Waals surface area contributed by atoms with Gasteiger partial charge in [0.05, 0.1) is 34.5 Å². The smallest absolute Gasteiger partial charge is 0.241 e. The molecule has 0 radical (unpaired) electrons. The van der Waals surface area contributed by atoms with Crippen LogP contribution in [0.1, 0.15) is 35.7 Å². The summed E-state index contributed by atoms with van der Waals surface area (Å²) in [7, 11) is -2.56. The van der Waals surface area contributed by atoms with Gasteiger partial charge in [0.25, 0.3) is 0 Å². The summed E-state index contributed by atoms with van der Waals surface area (Å²) in [5.41, 5.74) is 3.73. The number of rotatable bonds is 11. The van der Waals surface area contributed by atoms with E-state index in [1.807, 2.05) is 18.4 Å². The van der Waals surface area contributed by atoms with Crippen LogP contribution in [0.4, 0.5) is 15.9 Å². The minimum atomic E-state index is -2.56. The molecule has 4 heterocycles. The van der Waals surface area contributed by atoms with Crippen molar-refractivity contribution < 1.29 is 22.3 Å². The lowest BCUT2D eigenvalue weighted by molar-refractivity contribution is 0.188. The number of pyridine rings is 2. The van der Waals surface area contributed by atoms with Crippen molar-refractivity contribution in [2.45, 2.75) is 32.5 Å². The Bertz CT molecular complexity index is 2180. The third-order valence-corrected chi connectivity index (χ3v) is 8.79. The standard InChI is InChI=1S/C33H26ClFN6O4S2/c1-2-29(45-31(47(42)43)14-22-8-3-4-11-36-22)33-41-28(18-46-33)26-15-24-27(16-37-26)38-19-39-32(24)40-23-9-10-30(25(34)13-23)44-17-20-6-5-7-21(35)12-20/h3-13,15-16,18-19,29H,2,14,17H2,1H3,(H,38,39,40). The van der Waals surface area contributed by atoms with E-state index in [0.717, 1.165) is 0 Å². The molecular formula is C33H26ClFN6O4S2. The summed E-state index contributed by atoms with van der Waals surface area (Å²) < 4.78 is 49.2. The number of halogens is 2. The van der Waals surface area contributed by atoms with Crippen molar-refractivity contribution in [1.29, 1.82) is 0 Å². The maximum absolute atomic E-state index is 13.5. The average Bonchev–Trinajstić information content (AvgIpc) is 3.57. The van der Waals surface area contributed by atoms with Crippen molar-refractivity contribution in [3.8, 4) is 17.1 Å². The number of nitrogens with one attached hydrogen (secondary N) is 1. The molecule has 0 bridgehead atoms. The molecule has 0 spiro atoms. The van der Waals surface area contributed by atoms with Crippen molar-refractivity contribution in [2.75, 3.05) is 5.32 Å². The van der Waals surface area contributed by atoms with E-state index in [1.165, 1.54) is 29.8 Å². The number of fused-ring (bicyclic) bond motifs is 1. The summed E-state index contributed by atoms with van der Waals surface area (Å²) >= 11 is 7.86. The second-order valence-electron chi connectivity index (χ2n) is 10.2. The normalized spacial score (nSPS) is 11.7. The van der Waals surface area contributed by atoms with Crippen molar-refractivity contribution >= 4 is 60.7 Å². The molecule has 0 aliphatic rings. The van der Waals surface area contributed by atoms with Gasteiger partial charge in [-0.1, -0.05) is 36.7 Å². The van der Waals surface area contributed by atoms with Crippen LogP contribution in [0.2, 0.25) is 5.02 Å². The molecule has 6 aromatic rings. The zero-order chi connectivity index (χ0) is 32.8. The maximum Gasteiger partial charge on any atom is 0.241 e. The topological polar surface area (TPSA) is 129 Å². The highest BCUT2D eigenvalue weighted by Gasteiger charge is 2.20. The highest BCUT2D eigenvalue weighted by Crippen LogP contribution is 2.33. The Labute approximate surface area is 279 Å². The molecule has 0 aliphatic carbocycles. The lowest BCUT2D eigenvalue weighted by Gasteiger charge is -2.13. The van der Waals surface area contributed by atoms with Gasteiger partial charge >= 0.3 is 0 Å². The summed E-state index contributed by atoms with van der Waals surface area (Å²) in [6, 6.07) is 18.6. The second kappa shape index (κ2) is 14.7. The number of hydrogen-bond donors (Lipinski definition) is 1. The average molecular weight is 689 g/mol. The number of anilines is 2. The van der Waals surface area contributed by atoms with Gasteiger partial charge in [-0.15, -0.1) is 11.3 Å².